The molecule has 0 bridgehead atoms. The van der Waals surface area contributed by atoms with Gasteiger partial charge in [-0.25, -0.2) is 4.98 Å². The summed E-state index contributed by atoms with van der Waals surface area (Å²) in [6.45, 7) is 2.30. The van der Waals surface area contributed by atoms with Crippen molar-refractivity contribution in [3.05, 3.63) is 35.5 Å². The third-order valence-electron chi connectivity index (χ3n) is 5.11. The monoisotopic (exact) mass is 298 g/mol. The Labute approximate surface area is 130 Å². The Morgan fingerprint density at radius 2 is 2.05 bits per heavy atom. The maximum Gasteiger partial charge on any atom is 0.213 e. The number of aryl methyl sites for hydroxylation is 1. The van der Waals surface area contributed by atoms with Crippen LogP contribution < -0.4 is 4.74 Å². The minimum atomic E-state index is -0.0372. The van der Waals surface area contributed by atoms with Crippen LogP contribution in [0.4, 0.5) is 0 Å². The molecule has 0 unspecified atom stereocenters. The summed E-state index contributed by atoms with van der Waals surface area (Å²) in [5.74, 6) is 3.10. The normalized spacial score (nSPS) is 27.5. The van der Waals surface area contributed by atoms with Crippen LogP contribution in [0, 0.1) is 5.92 Å². The predicted molar refractivity (Wildman–Crippen MR) is 82.9 cm³/mol. The van der Waals surface area contributed by atoms with Crippen LogP contribution in [-0.2, 0) is 12.5 Å². The molecule has 4 rings (SSSR count). The van der Waals surface area contributed by atoms with Gasteiger partial charge in [-0.15, -0.1) is 10.2 Å². The lowest BCUT2D eigenvalue weighted by atomic mass is 9.58. The quantitative estimate of drug-likeness (QED) is 0.871. The molecule has 0 atom stereocenters. The number of rotatable bonds is 4. The van der Waals surface area contributed by atoms with Gasteiger partial charge in [0.15, 0.2) is 0 Å². The topological polar surface area (TPSA) is 52.8 Å². The highest BCUT2D eigenvalue weighted by atomic mass is 16.5. The molecule has 0 saturated heterocycles. The summed E-state index contributed by atoms with van der Waals surface area (Å²) in [4.78, 5) is 4.64. The summed E-state index contributed by atoms with van der Waals surface area (Å²) in [5, 5.41) is 8.52. The zero-order valence-electron chi connectivity index (χ0n) is 13.4. The first-order valence-corrected chi connectivity index (χ1v) is 8.03. The molecule has 5 nitrogen and oxygen atoms in total. The Kier molecular flexibility index (Phi) is 2.99. The van der Waals surface area contributed by atoms with Crippen molar-refractivity contribution in [2.45, 2.75) is 43.9 Å². The van der Waals surface area contributed by atoms with Crippen molar-refractivity contribution in [2.75, 3.05) is 7.11 Å². The van der Waals surface area contributed by atoms with Gasteiger partial charge < -0.3 is 9.30 Å². The Bertz CT molecular complexity index is 698. The summed E-state index contributed by atoms with van der Waals surface area (Å²) in [6, 6.07) is 4.37. The first kappa shape index (κ1) is 13.7. The zero-order valence-corrected chi connectivity index (χ0v) is 13.4. The van der Waals surface area contributed by atoms with Crippen LogP contribution in [-0.4, -0.2) is 26.9 Å². The van der Waals surface area contributed by atoms with E-state index in [1.54, 1.807) is 13.4 Å². The minimum Gasteiger partial charge on any atom is -0.481 e. The van der Waals surface area contributed by atoms with Crippen molar-refractivity contribution in [1.29, 1.82) is 0 Å². The molecule has 2 aliphatic rings. The molecule has 2 heterocycles. The van der Waals surface area contributed by atoms with Crippen LogP contribution in [0.2, 0.25) is 0 Å². The summed E-state index contributed by atoms with van der Waals surface area (Å²) in [5.41, 5.74) is 2.43. The molecule has 5 heteroatoms. The van der Waals surface area contributed by atoms with Crippen molar-refractivity contribution in [1.82, 2.24) is 19.7 Å². The molecule has 0 radical (unpaired) electrons. The first-order valence-electron chi connectivity index (χ1n) is 8.03. The van der Waals surface area contributed by atoms with Gasteiger partial charge in [0.25, 0.3) is 0 Å². The fraction of sp³-hybridized carbons (Fsp3) is 0.588. The average Bonchev–Trinajstić information content (AvgIpc) is 3.26. The van der Waals surface area contributed by atoms with Gasteiger partial charge in [0, 0.05) is 24.7 Å². The smallest absolute Gasteiger partial charge is 0.213 e. The molecular formula is C17H22N4O. The van der Waals surface area contributed by atoms with Crippen molar-refractivity contribution in [3.8, 4) is 5.88 Å². The first-order chi connectivity index (χ1) is 10.6. The van der Waals surface area contributed by atoms with E-state index >= 15 is 0 Å². The van der Waals surface area contributed by atoms with E-state index in [0.29, 0.717) is 11.8 Å². The molecular weight excluding hydrogens is 276 g/mol. The number of nitrogens with zero attached hydrogens (tertiary/aromatic N) is 4. The van der Waals surface area contributed by atoms with Crippen molar-refractivity contribution < 1.29 is 4.74 Å². The van der Waals surface area contributed by atoms with Gasteiger partial charge in [-0.3, -0.25) is 0 Å². The van der Waals surface area contributed by atoms with Gasteiger partial charge in [-0.2, -0.15) is 0 Å². The van der Waals surface area contributed by atoms with Gasteiger partial charge in [0.1, 0.15) is 12.2 Å². The molecule has 2 aliphatic carbocycles. The van der Waals surface area contributed by atoms with Crippen LogP contribution in [0.15, 0.2) is 18.5 Å². The number of ether oxygens (including phenoxy) is 1. The summed E-state index contributed by atoms with van der Waals surface area (Å²) >= 11 is 0. The number of pyridine rings is 1. The van der Waals surface area contributed by atoms with Crippen LogP contribution in [0.5, 0.6) is 5.88 Å². The van der Waals surface area contributed by atoms with Gasteiger partial charge in [0.2, 0.25) is 5.88 Å². The van der Waals surface area contributed by atoms with E-state index in [1.165, 1.54) is 24.1 Å². The standard InChI is InChI=1S/C17H22N4O/c1-11-8-17(9-11,16-20-18-10-21(16)2)13-6-14(12-4-5-12)19-15(7-13)22-3/h6-7,10-12H,4-5,8-9H2,1-3H3. The SMILES string of the molecule is COc1cc(C2(c3nncn3C)CC(C)C2)cc(C2CC2)n1. The molecule has 0 N–H and O–H groups in total. The fourth-order valence-corrected chi connectivity index (χ4v) is 3.89. The number of hydrogen-bond acceptors (Lipinski definition) is 4. The summed E-state index contributed by atoms with van der Waals surface area (Å²) in [6.07, 6.45) is 6.49. The lowest BCUT2D eigenvalue weighted by Gasteiger charge is -2.46. The third-order valence-corrected chi connectivity index (χ3v) is 5.11. The molecule has 2 fully saturated rings. The van der Waals surface area contributed by atoms with E-state index in [1.807, 2.05) is 7.05 Å². The van der Waals surface area contributed by atoms with Crippen LogP contribution in [0.3, 0.4) is 0 Å². The molecule has 0 aliphatic heterocycles. The highest BCUT2D eigenvalue weighted by Crippen LogP contribution is 2.52. The van der Waals surface area contributed by atoms with E-state index in [4.69, 9.17) is 4.74 Å². The molecule has 2 saturated carbocycles. The van der Waals surface area contributed by atoms with Crippen LogP contribution in [0.1, 0.15) is 55.6 Å². The van der Waals surface area contributed by atoms with Crippen molar-refractivity contribution in [3.63, 3.8) is 0 Å². The largest absolute Gasteiger partial charge is 0.481 e. The summed E-state index contributed by atoms with van der Waals surface area (Å²) in [7, 11) is 3.72. The van der Waals surface area contributed by atoms with Gasteiger partial charge in [-0.05, 0) is 43.2 Å². The second-order valence-corrected chi connectivity index (χ2v) is 6.96. The van der Waals surface area contributed by atoms with Crippen molar-refractivity contribution in [2.24, 2.45) is 13.0 Å². The molecule has 0 aromatic carbocycles. The Hall–Kier alpha value is -1.91. The van der Waals surface area contributed by atoms with Gasteiger partial charge in [0.05, 0.1) is 12.5 Å². The maximum atomic E-state index is 5.46. The second-order valence-electron chi connectivity index (χ2n) is 6.96. The average molecular weight is 298 g/mol. The lowest BCUT2D eigenvalue weighted by Crippen LogP contribution is -2.43. The summed E-state index contributed by atoms with van der Waals surface area (Å²) < 4.78 is 7.51. The molecule has 0 amide bonds. The van der Waals surface area contributed by atoms with Gasteiger partial charge in [-0.1, -0.05) is 6.92 Å². The van der Waals surface area contributed by atoms with Crippen LogP contribution in [0.25, 0.3) is 0 Å². The van der Waals surface area contributed by atoms with Crippen LogP contribution >= 0.6 is 0 Å². The second kappa shape index (κ2) is 4.80. The van der Waals surface area contributed by atoms with E-state index in [0.717, 1.165) is 24.5 Å². The van der Waals surface area contributed by atoms with E-state index in [9.17, 15) is 0 Å². The van der Waals surface area contributed by atoms with E-state index < -0.39 is 0 Å². The lowest BCUT2D eigenvalue weighted by molar-refractivity contribution is 0.184. The van der Waals surface area contributed by atoms with Crippen molar-refractivity contribution >= 4 is 0 Å². The third kappa shape index (κ3) is 2.02. The molecule has 22 heavy (non-hydrogen) atoms. The highest BCUT2D eigenvalue weighted by Gasteiger charge is 2.48. The van der Waals surface area contributed by atoms with E-state index in [2.05, 4.69) is 38.8 Å². The minimum absolute atomic E-state index is 0.0372. The fourth-order valence-electron chi connectivity index (χ4n) is 3.89. The molecule has 0 spiro atoms. The highest BCUT2D eigenvalue weighted by molar-refractivity contribution is 5.41. The number of hydrogen-bond donors (Lipinski definition) is 0. The zero-order chi connectivity index (χ0) is 15.3. The predicted octanol–water partition coefficient (Wildman–Crippen LogP) is 2.81. The molecule has 2 aromatic rings. The molecule has 116 valence electrons. The van der Waals surface area contributed by atoms with E-state index in [-0.39, 0.29) is 5.41 Å². The Morgan fingerprint density at radius 3 is 2.59 bits per heavy atom. The Morgan fingerprint density at radius 1 is 1.27 bits per heavy atom. The number of methoxy groups -OCH3 is 1. The Balaban J connectivity index is 1.83. The maximum absolute atomic E-state index is 5.46. The number of aromatic nitrogens is 4. The molecule has 2 aromatic heterocycles. The van der Waals surface area contributed by atoms with Gasteiger partial charge >= 0.3 is 0 Å².